The molecule has 2 rings (SSSR count). The van der Waals surface area contributed by atoms with Crippen LogP contribution in [-0.4, -0.2) is 12.4 Å². The van der Waals surface area contributed by atoms with E-state index in [0.29, 0.717) is 10.8 Å². The number of ketones is 1. The van der Waals surface area contributed by atoms with Crippen molar-refractivity contribution in [2.24, 2.45) is 0 Å². The molecule has 0 N–H and O–H groups in total. The van der Waals surface area contributed by atoms with Crippen LogP contribution in [0.25, 0.3) is 0 Å². The first-order valence-electron chi connectivity index (χ1n) is 5.88. The van der Waals surface area contributed by atoms with Gasteiger partial charge in [0.05, 0.1) is 0 Å². The predicted octanol–water partition coefficient (Wildman–Crippen LogP) is 3.81. The van der Waals surface area contributed by atoms with Gasteiger partial charge in [0, 0.05) is 17.5 Å². The highest BCUT2D eigenvalue weighted by Crippen LogP contribution is 2.16. The molecule has 0 radical (unpaired) electrons. The first kappa shape index (κ1) is 14.5. The molecule has 0 spiro atoms. The Morgan fingerprint density at radius 1 is 1.10 bits per heavy atom. The molecule has 0 amide bonds. The summed E-state index contributed by atoms with van der Waals surface area (Å²) in [5, 5.41) is 0.567. The van der Waals surface area contributed by atoms with Crippen LogP contribution in [0.3, 0.4) is 0 Å². The average Bonchev–Trinajstić information content (AvgIpc) is 2.41. The van der Waals surface area contributed by atoms with E-state index in [-0.39, 0.29) is 24.4 Å². The Hall–Kier alpha value is -1.94. The minimum absolute atomic E-state index is 0.139. The maximum absolute atomic E-state index is 13.4. The lowest BCUT2D eigenvalue weighted by atomic mass is 10.1. The van der Waals surface area contributed by atoms with Crippen LogP contribution in [0, 0.1) is 11.6 Å². The van der Waals surface area contributed by atoms with E-state index >= 15 is 0 Å². The summed E-state index contributed by atoms with van der Waals surface area (Å²) < 4.78 is 31.4. The van der Waals surface area contributed by atoms with Crippen LogP contribution >= 0.6 is 11.6 Å². The zero-order chi connectivity index (χ0) is 14.5. The second-order valence-electron chi connectivity index (χ2n) is 4.19. The van der Waals surface area contributed by atoms with Gasteiger partial charge in [-0.3, -0.25) is 4.79 Å². The van der Waals surface area contributed by atoms with E-state index < -0.39 is 11.6 Å². The summed E-state index contributed by atoms with van der Waals surface area (Å²) in [4.78, 5) is 11.7. The summed E-state index contributed by atoms with van der Waals surface area (Å²) in [6.45, 7) is -0.182. The Bertz CT molecular complexity index is 612. The van der Waals surface area contributed by atoms with Crippen molar-refractivity contribution in [2.45, 2.75) is 6.42 Å². The van der Waals surface area contributed by atoms with Crippen LogP contribution < -0.4 is 4.74 Å². The van der Waals surface area contributed by atoms with Crippen LogP contribution in [0.1, 0.15) is 5.56 Å². The van der Waals surface area contributed by atoms with Crippen molar-refractivity contribution in [3.63, 3.8) is 0 Å². The second kappa shape index (κ2) is 6.48. The number of Topliss-reactive ketones (excluding diaryl/α,β-unsaturated/α-hetero) is 1. The third-order valence-corrected chi connectivity index (χ3v) is 2.87. The van der Waals surface area contributed by atoms with Crippen LogP contribution in [-0.2, 0) is 11.2 Å². The molecule has 0 atom stereocenters. The molecule has 0 aromatic heterocycles. The van der Waals surface area contributed by atoms with Crippen molar-refractivity contribution in [3.8, 4) is 5.75 Å². The molecule has 0 fully saturated rings. The Morgan fingerprint density at radius 3 is 2.45 bits per heavy atom. The van der Waals surface area contributed by atoms with Crippen molar-refractivity contribution in [1.82, 2.24) is 0 Å². The zero-order valence-electron chi connectivity index (χ0n) is 10.4. The number of hydrogen-bond donors (Lipinski definition) is 0. The van der Waals surface area contributed by atoms with E-state index in [1.54, 1.807) is 24.3 Å². The highest BCUT2D eigenvalue weighted by molar-refractivity contribution is 6.30. The van der Waals surface area contributed by atoms with Gasteiger partial charge in [0.25, 0.3) is 0 Å². The number of hydrogen-bond acceptors (Lipinski definition) is 2. The lowest BCUT2D eigenvalue weighted by molar-refractivity contribution is -0.120. The molecular formula is C15H11ClF2O2. The molecule has 0 aliphatic carbocycles. The average molecular weight is 297 g/mol. The highest BCUT2D eigenvalue weighted by atomic mass is 35.5. The molecule has 0 bridgehead atoms. The molecule has 2 aromatic rings. The molecule has 104 valence electrons. The molecule has 0 unspecified atom stereocenters. The van der Waals surface area contributed by atoms with Gasteiger partial charge in [-0.05, 0) is 35.9 Å². The van der Waals surface area contributed by atoms with E-state index in [4.69, 9.17) is 16.3 Å². The first-order chi connectivity index (χ1) is 9.54. The Balaban J connectivity index is 1.90. The zero-order valence-corrected chi connectivity index (χ0v) is 11.2. The second-order valence-corrected chi connectivity index (χ2v) is 4.63. The quantitative estimate of drug-likeness (QED) is 0.838. The van der Waals surface area contributed by atoms with Crippen molar-refractivity contribution >= 4 is 17.4 Å². The van der Waals surface area contributed by atoms with Crippen molar-refractivity contribution in [1.29, 1.82) is 0 Å². The van der Waals surface area contributed by atoms with Gasteiger partial charge in [0.2, 0.25) is 0 Å². The van der Waals surface area contributed by atoms with Gasteiger partial charge in [-0.2, -0.15) is 0 Å². The number of rotatable bonds is 5. The maximum atomic E-state index is 13.4. The van der Waals surface area contributed by atoms with Crippen LogP contribution in [0.4, 0.5) is 8.78 Å². The third kappa shape index (κ3) is 4.03. The molecule has 0 heterocycles. The molecule has 20 heavy (non-hydrogen) atoms. The first-order valence-corrected chi connectivity index (χ1v) is 6.26. The van der Waals surface area contributed by atoms with E-state index in [2.05, 4.69) is 0 Å². The molecule has 0 saturated heterocycles. The molecule has 0 saturated carbocycles. The number of ether oxygens (including phenoxy) is 1. The third-order valence-electron chi connectivity index (χ3n) is 2.62. The van der Waals surface area contributed by atoms with Gasteiger partial charge in [-0.25, -0.2) is 8.78 Å². The maximum Gasteiger partial charge on any atom is 0.174 e. The van der Waals surface area contributed by atoms with Crippen LogP contribution in [0.15, 0.2) is 42.5 Å². The Kier molecular flexibility index (Phi) is 4.69. The largest absolute Gasteiger partial charge is 0.486 e. The van der Waals surface area contributed by atoms with Crippen molar-refractivity contribution in [3.05, 3.63) is 64.7 Å². The predicted molar refractivity (Wildman–Crippen MR) is 72.0 cm³/mol. The van der Waals surface area contributed by atoms with Gasteiger partial charge in [0.1, 0.15) is 24.0 Å². The fraction of sp³-hybridized carbons (Fsp3) is 0.133. The van der Waals surface area contributed by atoms with Gasteiger partial charge in [0.15, 0.2) is 5.78 Å². The molecule has 2 aromatic carbocycles. The Labute approximate surface area is 119 Å². The standard InChI is InChI=1S/C15H11ClF2O2/c16-11-2-5-14(6-3-11)20-9-13(19)7-10-1-4-12(17)8-15(10)18/h1-6,8H,7,9H2. The summed E-state index contributed by atoms with van der Waals surface area (Å²) in [7, 11) is 0. The summed E-state index contributed by atoms with van der Waals surface area (Å²) in [6.07, 6.45) is -0.139. The number of carbonyl (C=O) groups excluding carboxylic acids is 1. The fourth-order valence-corrected chi connectivity index (χ4v) is 1.75. The SMILES string of the molecule is O=C(COc1ccc(Cl)cc1)Cc1ccc(F)cc1F. The van der Waals surface area contributed by atoms with Crippen molar-refractivity contribution in [2.75, 3.05) is 6.61 Å². The van der Waals surface area contributed by atoms with Gasteiger partial charge in [-0.15, -0.1) is 0 Å². The summed E-state index contributed by atoms with van der Waals surface area (Å²) in [6, 6.07) is 9.67. The number of benzene rings is 2. The van der Waals surface area contributed by atoms with E-state index in [0.717, 1.165) is 12.1 Å². The topological polar surface area (TPSA) is 26.3 Å². The summed E-state index contributed by atoms with van der Waals surface area (Å²) in [5.74, 6) is -1.20. The summed E-state index contributed by atoms with van der Waals surface area (Å²) in [5.41, 5.74) is 0.149. The highest BCUT2D eigenvalue weighted by Gasteiger charge is 2.10. The molecular weight excluding hydrogens is 286 g/mol. The lowest BCUT2D eigenvalue weighted by Crippen LogP contribution is -2.14. The van der Waals surface area contributed by atoms with Crippen LogP contribution in [0.5, 0.6) is 5.75 Å². The van der Waals surface area contributed by atoms with Crippen molar-refractivity contribution < 1.29 is 18.3 Å². The summed E-state index contributed by atoms with van der Waals surface area (Å²) >= 11 is 5.72. The lowest BCUT2D eigenvalue weighted by Gasteiger charge is -2.06. The van der Waals surface area contributed by atoms with E-state index in [1.165, 1.54) is 6.07 Å². The van der Waals surface area contributed by atoms with Gasteiger partial charge >= 0.3 is 0 Å². The Morgan fingerprint density at radius 2 is 1.80 bits per heavy atom. The van der Waals surface area contributed by atoms with E-state index in [9.17, 15) is 13.6 Å². The molecule has 2 nitrogen and oxygen atoms in total. The van der Waals surface area contributed by atoms with Crippen LogP contribution in [0.2, 0.25) is 5.02 Å². The monoisotopic (exact) mass is 296 g/mol. The van der Waals surface area contributed by atoms with E-state index in [1.807, 2.05) is 0 Å². The number of halogens is 3. The van der Waals surface area contributed by atoms with Gasteiger partial charge in [-0.1, -0.05) is 17.7 Å². The molecule has 0 aliphatic rings. The van der Waals surface area contributed by atoms with Gasteiger partial charge < -0.3 is 4.74 Å². The fourth-order valence-electron chi connectivity index (χ4n) is 1.62. The number of carbonyl (C=O) groups is 1. The normalized spacial score (nSPS) is 10.3. The molecule has 0 aliphatic heterocycles. The minimum atomic E-state index is -0.732. The minimum Gasteiger partial charge on any atom is -0.486 e. The molecule has 5 heteroatoms. The smallest absolute Gasteiger partial charge is 0.174 e.